The molecule has 21 heavy (non-hydrogen) atoms. The molecule has 2 rings (SSSR count). The molecule has 1 heterocycles. The molecule has 0 aliphatic carbocycles. The number of benzene rings is 1. The van der Waals surface area contributed by atoms with Crippen LogP contribution < -0.4 is 25.5 Å². The van der Waals surface area contributed by atoms with Crippen LogP contribution in [0.2, 0.25) is 0 Å². The van der Waals surface area contributed by atoms with Crippen molar-refractivity contribution in [1.82, 2.24) is 10.4 Å². The first-order valence-electron chi connectivity index (χ1n) is 6.41. The van der Waals surface area contributed by atoms with Gasteiger partial charge in [0.1, 0.15) is 5.75 Å². The van der Waals surface area contributed by atoms with Crippen molar-refractivity contribution in [2.24, 2.45) is 5.84 Å². The largest absolute Gasteiger partial charge is 0.495 e. The van der Waals surface area contributed by atoms with E-state index in [0.29, 0.717) is 17.2 Å². The number of nitrogens with zero attached hydrogens (tertiary/aromatic N) is 1. The number of rotatable bonds is 6. The van der Waals surface area contributed by atoms with Gasteiger partial charge in [-0.05, 0) is 23.8 Å². The number of pyridine rings is 1. The molecule has 112 valence electrons. The normalized spacial score (nSPS) is 11.8. The first kappa shape index (κ1) is 15.1. The van der Waals surface area contributed by atoms with Crippen molar-refractivity contribution in [3.63, 3.8) is 0 Å². The molecular weight excluding hydrogens is 270 g/mol. The molecule has 0 amide bonds. The van der Waals surface area contributed by atoms with E-state index in [2.05, 4.69) is 10.4 Å². The molecule has 0 saturated carbocycles. The zero-order chi connectivity index (χ0) is 15.2. The second-order valence-electron chi connectivity index (χ2n) is 4.33. The molecule has 2 aromatic rings. The molecule has 6 heteroatoms. The Morgan fingerprint density at radius 3 is 2.33 bits per heavy atom. The minimum absolute atomic E-state index is 0.247. The van der Waals surface area contributed by atoms with Crippen LogP contribution in [0.4, 0.5) is 0 Å². The van der Waals surface area contributed by atoms with E-state index in [0.717, 1.165) is 11.1 Å². The van der Waals surface area contributed by atoms with Gasteiger partial charge >= 0.3 is 0 Å². The smallest absolute Gasteiger partial charge is 0.161 e. The van der Waals surface area contributed by atoms with Gasteiger partial charge in [-0.15, -0.1) is 0 Å². The highest BCUT2D eigenvalue weighted by Gasteiger charge is 2.18. The van der Waals surface area contributed by atoms with Crippen molar-refractivity contribution >= 4 is 0 Å². The average Bonchev–Trinajstić information content (AvgIpc) is 2.55. The van der Waals surface area contributed by atoms with Crippen LogP contribution in [0.5, 0.6) is 17.2 Å². The average molecular weight is 289 g/mol. The SMILES string of the molecule is COc1ccc(C(NN)c2ccncc2OC)cc1OC. The van der Waals surface area contributed by atoms with Crippen LogP contribution in [0, 0.1) is 0 Å². The summed E-state index contributed by atoms with van der Waals surface area (Å²) in [6, 6.07) is 7.25. The lowest BCUT2D eigenvalue weighted by Crippen LogP contribution is -2.29. The predicted molar refractivity (Wildman–Crippen MR) is 79.5 cm³/mol. The molecule has 0 radical (unpaired) electrons. The van der Waals surface area contributed by atoms with Crippen LogP contribution >= 0.6 is 0 Å². The topological polar surface area (TPSA) is 78.6 Å². The van der Waals surface area contributed by atoms with Gasteiger partial charge in [0, 0.05) is 11.8 Å². The summed E-state index contributed by atoms with van der Waals surface area (Å²) in [4.78, 5) is 4.05. The molecule has 1 unspecified atom stereocenters. The first-order chi connectivity index (χ1) is 10.2. The zero-order valence-corrected chi connectivity index (χ0v) is 12.3. The lowest BCUT2D eigenvalue weighted by molar-refractivity contribution is 0.354. The van der Waals surface area contributed by atoms with E-state index in [4.69, 9.17) is 20.1 Å². The quantitative estimate of drug-likeness (QED) is 0.622. The highest BCUT2D eigenvalue weighted by atomic mass is 16.5. The van der Waals surface area contributed by atoms with Gasteiger partial charge in [0.2, 0.25) is 0 Å². The Hall–Kier alpha value is -2.31. The number of aromatic nitrogens is 1. The summed E-state index contributed by atoms with van der Waals surface area (Å²) in [5.41, 5.74) is 4.62. The fraction of sp³-hybridized carbons (Fsp3) is 0.267. The molecule has 0 aliphatic heterocycles. The van der Waals surface area contributed by atoms with Gasteiger partial charge in [0.15, 0.2) is 11.5 Å². The molecule has 6 nitrogen and oxygen atoms in total. The summed E-state index contributed by atoms with van der Waals surface area (Å²) in [6.07, 6.45) is 3.35. The van der Waals surface area contributed by atoms with Crippen LogP contribution in [0.3, 0.4) is 0 Å². The van der Waals surface area contributed by atoms with E-state index >= 15 is 0 Å². The van der Waals surface area contributed by atoms with Gasteiger partial charge in [-0.2, -0.15) is 0 Å². The second kappa shape index (κ2) is 6.92. The van der Waals surface area contributed by atoms with E-state index in [-0.39, 0.29) is 6.04 Å². The third kappa shape index (κ3) is 3.07. The molecule has 0 aliphatic rings. The van der Waals surface area contributed by atoms with Crippen molar-refractivity contribution in [3.05, 3.63) is 47.8 Å². The van der Waals surface area contributed by atoms with Crippen LogP contribution in [-0.2, 0) is 0 Å². The van der Waals surface area contributed by atoms with Gasteiger partial charge < -0.3 is 14.2 Å². The number of hydrazine groups is 1. The van der Waals surface area contributed by atoms with Crippen LogP contribution in [0.25, 0.3) is 0 Å². The number of methoxy groups -OCH3 is 3. The summed E-state index contributed by atoms with van der Waals surface area (Å²) in [6.45, 7) is 0. The van der Waals surface area contributed by atoms with Crippen molar-refractivity contribution in [2.75, 3.05) is 21.3 Å². The van der Waals surface area contributed by atoms with Crippen molar-refractivity contribution in [2.45, 2.75) is 6.04 Å². The fourth-order valence-corrected chi connectivity index (χ4v) is 2.20. The standard InChI is InChI=1S/C15H19N3O3/c1-19-12-5-4-10(8-13(12)20-2)15(18-16)11-6-7-17-9-14(11)21-3/h4-9,15,18H,16H2,1-3H3. The molecule has 0 spiro atoms. The van der Waals surface area contributed by atoms with Crippen LogP contribution in [0.1, 0.15) is 17.2 Å². The Kier molecular flexibility index (Phi) is 4.97. The van der Waals surface area contributed by atoms with E-state index in [9.17, 15) is 0 Å². The summed E-state index contributed by atoms with van der Waals surface area (Å²) >= 11 is 0. The monoisotopic (exact) mass is 289 g/mol. The lowest BCUT2D eigenvalue weighted by atomic mass is 9.99. The van der Waals surface area contributed by atoms with Gasteiger partial charge in [-0.1, -0.05) is 6.07 Å². The number of nitrogens with two attached hydrogens (primary N) is 1. The Labute approximate surface area is 123 Å². The lowest BCUT2D eigenvalue weighted by Gasteiger charge is -2.20. The number of hydrogen-bond donors (Lipinski definition) is 2. The molecular formula is C15H19N3O3. The van der Waals surface area contributed by atoms with Crippen LogP contribution in [-0.4, -0.2) is 26.3 Å². The Morgan fingerprint density at radius 2 is 1.71 bits per heavy atom. The van der Waals surface area contributed by atoms with E-state index < -0.39 is 0 Å². The minimum atomic E-state index is -0.247. The maximum absolute atomic E-state index is 5.72. The zero-order valence-electron chi connectivity index (χ0n) is 12.3. The highest BCUT2D eigenvalue weighted by Crippen LogP contribution is 2.34. The van der Waals surface area contributed by atoms with Gasteiger partial charge in [-0.3, -0.25) is 10.8 Å². The first-order valence-corrected chi connectivity index (χ1v) is 6.41. The molecule has 0 bridgehead atoms. The van der Waals surface area contributed by atoms with Gasteiger partial charge in [0.05, 0.1) is 33.6 Å². The number of ether oxygens (including phenoxy) is 3. The molecule has 3 N–H and O–H groups in total. The van der Waals surface area contributed by atoms with Crippen molar-refractivity contribution in [3.8, 4) is 17.2 Å². The minimum Gasteiger partial charge on any atom is -0.495 e. The van der Waals surface area contributed by atoms with Crippen molar-refractivity contribution in [1.29, 1.82) is 0 Å². The molecule has 1 aromatic carbocycles. The second-order valence-corrected chi connectivity index (χ2v) is 4.33. The summed E-state index contributed by atoms with van der Waals surface area (Å²) in [5, 5.41) is 0. The maximum atomic E-state index is 5.72. The molecule has 0 saturated heterocycles. The predicted octanol–water partition coefficient (Wildman–Crippen LogP) is 1.66. The van der Waals surface area contributed by atoms with E-state index in [1.54, 1.807) is 33.7 Å². The molecule has 1 aromatic heterocycles. The number of hydrogen-bond acceptors (Lipinski definition) is 6. The summed E-state index contributed by atoms with van der Waals surface area (Å²) < 4.78 is 15.9. The number of nitrogens with one attached hydrogen (secondary N) is 1. The maximum Gasteiger partial charge on any atom is 0.161 e. The van der Waals surface area contributed by atoms with Gasteiger partial charge in [0.25, 0.3) is 0 Å². The molecule has 0 fully saturated rings. The highest BCUT2D eigenvalue weighted by molar-refractivity contribution is 5.47. The third-order valence-electron chi connectivity index (χ3n) is 3.25. The van der Waals surface area contributed by atoms with E-state index in [1.807, 2.05) is 24.3 Å². The Balaban J connectivity index is 2.46. The molecule has 1 atom stereocenters. The van der Waals surface area contributed by atoms with Gasteiger partial charge in [-0.25, -0.2) is 5.43 Å². The third-order valence-corrected chi connectivity index (χ3v) is 3.25. The summed E-state index contributed by atoms with van der Waals surface area (Å²) in [7, 11) is 4.80. The Morgan fingerprint density at radius 1 is 1.00 bits per heavy atom. The van der Waals surface area contributed by atoms with Crippen molar-refractivity contribution < 1.29 is 14.2 Å². The van der Waals surface area contributed by atoms with Crippen LogP contribution in [0.15, 0.2) is 36.7 Å². The van der Waals surface area contributed by atoms with E-state index in [1.165, 1.54) is 0 Å². The summed E-state index contributed by atoms with van der Waals surface area (Å²) in [5.74, 6) is 7.69. The Bertz CT molecular complexity index is 604. The fourth-order valence-electron chi connectivity index (χ4n) is 2.20.